The predicted octanol–water partition coefficient (Wildman–Crippen LogP) is 2.03. The Morgan fingerprint density at radius 1 is 1.47 bits per heavy atom. The molecule has 4 N–H and O–H groups in total. The molecule has 5 nitrogen and oxygen atoms in total. The van der Waals surface area contributed by atoms with Crippen molar-refractivity contribution < 1.29 is 10.3 Å². The molecule has 0 aliphatic heterocycles. The Morgan fingerprint density at radius 3 is 2.58 bits per heavy atom. The van der Waals surface area contributed by atoms with Crippen LogP contribution in [0.2, 0.25) is 5.02 Å². The number of amidine groups is 1. The molecule has 1 aromatic rings. The molecule has 0 unspecified atom stereocenters. The quantitative estimate of drug-likeness (QED) is 0.335. The minimum absolute atomic E-state index is 0.00769. The molecule has 1 rings (SSSR count). The zero-order valence-corrected chi connectivity index (χ0v) is 12.1. The number of halogens is 1. The van der Waals surface area contributed by atoms with Crippen molar-refractivity contribution in [2.24, 2.45) is 10.9 Å². The summed E-state index contributed by atoms with van der Waals surface area (Å²) in [5, 5.41) is 22.3. The lowest BCUT2D eigenvalue weighted by molar-refractivity contribution is 0.0876. The van der Waals surface area contributed by atoms with Gasteiger partial charge in [0.15, 0.2) is 5.84 Å². The van der Waals surface area contributed by atoms with Crippen molar-refractivity contribution in [2.75, 3.05) is 18.0 Å². The van der Waals surface area contributed by atoms with Crippen LogP contribution in [0.25, 0.3) is 0 Å². The minimum atomic E-state index is -0.849. The number of benzene rings is 1. The molecule has 0 fully saturated rings. The normalized spacial score (nSPS) is 12.6. The van der Waals surface area contributed by atoms with Crippen molar-refractivity contribution in [1.29, 1.82) is 0 Å². The van der Waals surface area contributed by atoms with Gasteiger partial charge in [0.2, 0.25) is 0 Å². The van der Waals surface area contributed by atoms with Crippen LogP contribution in [0.5, 0.6) is 0 Å². The van der Waals surface area contributed by atoms with E-state index >= 15 is 0 Å². The maximum absolute atomic E-state index is 9.94. The molecule has 0 heterocycles. The smallest absolute Gasteiger partial charge is 0.172 e. The highest BCUT2D eigenvalue weighted by Crippen LogP contribution is 2.25. The van der Waals surface area contributed by atoms with Crippen LogP contribution in [-0.4, -0.2) is 34.8 Å². The third kappa shape index (κ3) is 4.29. The topological polar surface area (TPSA) is 82.1 Å². The van der Waals surface area contributed by atoms with Gasteiger partial charge in [0.25, 0.3) is 0 Å². The van der Waals surface area contributed by atoms with E-state index in [-0.39, 0.29) is 5.84 Å². The lowest BCUT2D eigenvalue weighted by Crippen LogP contribution is -2.39. The summed E-state index contributed by atoms with van der Waals surface area (Å²) in [6.07, 6.45) is 0. The van der Waals surface area contributed by atoms with E-state index in [1.54, 1.807) is 32.0 Å². The molecule has 0 atom stereocenters. The zero-order valence-electron chi connectivity index (χ0n) is 11.4. The van der Waals surface area contributed by atoms with E-state index < -0.39 is 5.60 Å². The van der Waals surface area contributed by atoms with Crippen LogP contribution < -0.4 is 10.6 Å². The Hall–Kier alpha value is -1.46. The van der Waals surface area contributed by atoms with Gasteiger partial charge in [-0.15, -0.1) is 0 Å². The fourth-order valence-electron chi connectivity index (χ4n) is 1.88. The number of hydrogen-bond donors (Lipinski definition) is 3. The number of oxime groups is 1. The molecule has 0 radical (unpaired) electrons. The number of hydrogen-bond acceptors (Lipinski definition) is 4. The van der Waals surface area contributed by atoms with Gasteiger partial charge >= 0.3 is 0 Å². The average molecular weight is 286 g/mol. The van der Waals surface area contributed by atoms with Crippen LogP contribution in [0.3, 0.4) is 0 Å². The number of likely N-dealkylation sites (N-methyl/N-ethyl adjacent to an activating group) is 1. The molecule has 106 valence electrons. The standard InChI is InChI=1S/C13H20ClN3O2/c1-4-17(8-13(2,3)18)11-6-5-9(14)7-10(11)12(15)16-19/h5-7,18-19H,4,8H2,1-3H3,(H2,15,16). The second-order valence-electron chi connectivity index (χ2n) is 4.97. The lowest BCUT2D eigenvalue weighted by atomic mass is 10.1. The van der Waals surface area contributed by atoms with Crippen molar-refractivity contribution in [3.8, 4) is 0 Å². The molecule has 0 saturated heterocycles. The number of nitrogens with zero attached hydrogens (tertiary/aromatic N) is 2. The summed E-state index contributed by atoms with van der Waals surface area (Å²) in [6.45, 7) is 6.54. The molecule has 0 saturated carbocycles. The summed E-state index contributed by atoms with van der Waals surface area (Å²) < 4.78 is 0. The highest BCUT2D eigenvalue weighted by Gasteiger charge is 2.20. The van der Waals surface area contributed by atoms with Crippen LogP contribution >= 0.6 is 11.6 Å². The Bertz CT molecular complexity index is 469. The van der Waals surface area contributed by atoms with Crippen LogP contribution in [0, 0.1) is 0 Å². The van der Waals surface area contributed by atoms with Gasteiger partial charge < -0.3 is 20.9 Å². The lowest BCUT2D eigenvalue weighted by Gasteiger charge is -2.31. The Morgan fingerprint density at radius 2 is 2.11 bits per heavy atom. The van der Waals surface area contributed by atoms with Gasteiger partial charge in [0.05, 0.1) is 5.60 Å². The first-order valence-corrected chi connectivity index (χ1v) is 6.41. The highest BCUT2D eigenvalue weighted by molar-refractivity contribution is 6.31. The summed E-state index contributed by atoms with van der Waals surface area (Å²) in [5.74, 6) is -0.00769. The minimum Gasteiger partial charge on any atom is -0.409 e. The van der Waals surface area contributed by atoms with Gasteiger partial charge in [0.1, 0.15) is 0 Å². The molecule has 0 amide bonds. The number of rotatable bonds is 5. The number of anilines is 1. The van der Waals surface area contributed by atoms with Crippen LogP contribution in [0.15, 0.2) is 23.4 Å². The van der Waals surface area contributed by atoms with Gasteiger partial charge in [-0.05, 0) is 39.0 Å². The summed E-state index contributed by atoms with van der Waals surface area (Å²) in [6, 6.07) is 5.17. The summed E-state index contributed by atoms with van der Waals surface area (Å²) >= 11 is 5.94. The molecular weight excluding hydrogens is 266 g/mol. The summed E-state index contributed by atoms with van der Waals surface area (Å²) in [5.41, 5.74) is 6.13. The first kappa shape index (κ1) is 15.6. The summed E-state index contributed by atoms with van der Waals surface area (Å²) in [4.78, 5) is 1.95. The second-order valence-corrected chi connectivity index (χ2v) is 5.41. The van der Waals surface area contributed by atoms with E-state index in [1.165, 1.54) is 0 Å². The van der Waals surface area contributed by atoms with Gasteiger partial charge in [0, 0.05) is 29.4 Å². The molecular formula is C13H20ClN3O2. The van der Waals surface area contributed by atoms with Crippen molar-refractivity contribution in [3.05, 3.63) is 28.8 Å². The van der Waals surface area contributed by atoms with Gasteiger partial charge in [-0.3, -0.25) is 0 Å². The van der Waals surface area contributed by atoms with Crippen molar-refractivity contribution in [3.63, 3.8) is 0 Å². The molecule has 19 heavy (non-hydrogen) atoms. The second kappa shape index (κ2) is 6.12. The first-order chi connectivity index (χ1) is 8.78. The number of aliphatic hydroxyl groups is 1. The third-order valence-electron chi connectivity index (χ3n) is 2.64. The van der Waals surface area contributed by atoms with E-state index in [1.807, 2.05) is 11.8 Å². The molecule has 0 bridgehead atoms. The van der Waals surface area contributed by atoms with E-state index in [9.17, 15) is 5.11 Å². The fourth-order valence-corrected chi connectivity index (χ4v) is 2.05. The first-order valence-electron chi connectivity index (χ1n) is 6.03. The zero-order chi connectivity index (χ0) is 14.6. The van der Waals surface area contributed by atoms with Gasteiger partial charge in [-0.25, -0.2) is 0 Å². The molecule has 0 aliphatic rings. The molecule has 1 aromatic carbocycles. The summed E-state index contributed by atoms with van der Waals surface area (Å²) in [7, 11) is 0. The maximum atomic E-state index is 9.94. The molecule has 0 spiro atoms. The van der Waals surface area contributed by atoms with Crippen molar-refractivity contribution in [1.82, 2.24) is 0 Å². The molecule has 0 aromatic heterocycles. The van der Waals surface area contributed by atoms with Gasteiger partial charge in [-0.2, -0.15) is 0 Å². The maximum Gasteiger partial charge on any atom is 0.172 e. The van der Waals surface area contributed by atoms with E-state index in [0.29, 0.717) is 23.7 Å². The average Bonchev–Trinajstić information content (AvgIpc) is 2.34. The largest absolute Gasteiger partial charge is 0.409 e. The van der Waals surface area contributed by atoms with Crippen LogP contribution in [-0.2, 0) is 0 Å². The monoisotopic (exact) mass is 285 g/mol. The van der Waals surface area contributed by atoms with E-state index in [2.05, 4.69) is 5.16 Å². The van der Waals surface area contributed by atoms with Crippen molar-refractivity contribution in [2.45, 2.75) is 26.4 Å². The van der Waals surface area contributed by atoms with E-state index in [4.69, 9.17) is 22.5 Å². The SMILES string of the molecule is CCN(CC(C)(C)O)c1ccc(Cl)cc1C(N)=NO. The van der Waals surface area contributed by atoms with Crippen LogP contribution in [0.1, 0.15) is 26.3 Å². The molecule has 0 aliphatic carbocycles. The highest BCUT2D eigenvalue weighted by atomic mass is 35.5. The van der Waals surface area contributed by atoms with Crippen molar-refractivity contribution >= 4 is 23.1 Å². The third-order valence-corrected chi connectivity index (χ3v) is 2.88. The Kier molecular flexibility index (Phi) is 5.03. The number of nitrogens with two attached hydrogens (primary N) is 1. The van der Waals surface area contributed by atoms with E-state index in [0.717, 1.165) is 5.69 Å². The fraction of sp³-hybridized carbons (Fsp3) is 0.462. The molecule has 6 heteroatoms. The van der Waals surface area contributed by atoms with Gasteiger partial charge in [-0.1, -0.05) is 16.8 Å². The predicted molar refractivity (Wildman–Crippen MR) is 78.1 cm³/mol. The Labute approximate surface area is 118 Å². The van der Waals surface area contributed by atoms with Crippen LogP contribution in [0.4, 0.5) is 5.69 Å². The Balaban J connectivity index is 3.24.